The van der Waals surface area contributed by atoms with Gasteiger partial charge in [0, 0.05) is 24.7 Å². The largest absolute Gasteiger partial charge is 0.384 e. The molecule has 17 heavy (non-hydrogen) atoms. The number of aromatic nitrogens is 2. The molecular formula is C12H12N4O. The van der Waals surface area contributed by atoms with Gasteiger partial charge in [-0.05, 0) is 17.2 Å². The minimum absolute atomic E-state index is 0.0592. The maximum atomic E-state index is 11.9. The molecule has 0 saturated carbocycles. The van der Waals surface area contributed by atoms with Gasteiger partial charge in [0.15, 0.2) is 0 Å². The number of nitrogens with zero attached hydrogens (tertiary/aromatic N) is 2. The average molecular weight is 228 g/mol. The molecule has 2 aromatic rings. The van der Waals surface area contributed by atoms with Crippen LogP contribution in [-0.2, 0) is 6.54 Å². The number of rotatable bonds is 1. The average Bonchev–Trinajstić information content (AvgIpc) is 2.85. The second-order valence-electron chi connectivity index (χ2n) is 4.23. The lowest BCUT2D eigenvalue weighted by molar-refractivity contribution is 0.0816. The van der Waals surface area contributed by atoms with Crippen molar-refractivity contribution in [3.8, 4) is 11.1 Å². The Balaban J connectivity index is 2.12. The van der Waals surface area contributed by atoms with Crippen LogP contribution in [0.25, 0.3) is 11.1 Å². The number of hydrogen-bond acceptors (Lipinski definition) is 3. The van der Waals surface area contributed by atoms with Gasteiger partial charge in [-0.2, -0.15) is 5.10 Å². The number of H-pyrrole nitrogens is 1. The molecule has 0 bridgehead atoms. The maximum Gasteiger partial charge on any atom is 0.254 e. The normalized spacial score (nSPS) is 14.2. The minimum atomic E-state index is 0.0592. The molecule has 1 aliphatic heterocycles. The van der Waals surface area contributed by atoms with Gasteiger partial charge in [0.25, 0.3) is 5.91 Å². The van der Waals surface area contributed by atoms with Gasteiger partial charge in [0.1, 0.15) is 5.82 Å². The third-order valence-corrected chi connectivity index (χ3v) is 3.07. The Morgan fingerprint density at radius 2 is 2.24 bits per heavy atom. The fourth-order valence-electron chi connectivity index (χ4n) is 2.14. The van der Waals surface area contributed by atoms with Crippen LogP contribution in [-0.4, -0.2) is 28.1 Å². The number of hydrogen-bond donors (Lipinski definition) is 2. The van der Waals surface area contributed by atoms with E-state index in [1.54, 1.807) is 18.1 Å². The highest BCUT2D eigenvalue weighted by molar-refractivity contribution is 5.99. The van der Waals surface area contributed by atoms with E-state index in [1.165, 1.54) is 0 Å². The monoisotopic (exact) mass is 228 g/mol. The quantitative estimate of drug-likeness (QED) is 0.771. The van der Waals surface area contributed by atoms with Crippen LogP contribution < -0.4 is 5.73 Å². The second-order valence-corrected chi connectivity index (χ2v) is 4.23. The highest BCUT2D eigenvalue weighted by Crippen LogP contribution is 2.29. The van der Waals surface area contributed by atoms with Crippen LogP contribution in [0.2, 0.25) is 0 Å². The number of carbonyl (C=O) groups excluding carboxylic acids is 1. The first kappa shape index (κ1) is 9.89. The van der Waals surface area contributed by atoms with Crippen LogP contribution in [0.4, 0.5) is 5.82 Å². The van der Waals surface area contributed by atoms with Crippen molar-refractivity contribution in [3.05, 3.63) is 35.5 Å². The highest BCUT2D eigenvalue weighted by atomic mass is 16.2. The fraction of sp³-hybridized carbons (Fsp3) is 0.167. The summed E-state index contributed by atoms with van der Waals surface area (Å²) in [6.07, 6.45) is 1.67. The molecule has 0 radical (unpaired) electrons. The van der Waals surface area contributed by atoms with Gasteiger partial charge < -0.3 is 10.6 Å². The number of aromatic amines is 1. The van der Waals surface area contributed by atoms with E-state index >= 15 is 0 Å². The number of nitrogens with one attached hydrogen (secondary N) is 1. The molecule has 5 heteroatoms. The number of fused-ring (bicyclic) bond motifs is 1. The topological polar surface area (TPSA) is 75.0 Å². The summed E-state index contributed by atoms with van der Waals surface area (Å²) in [7, 11) is 1.80. The summed E-state index contributed by atoms with van der Waals surface area (Å²) in [5.41, 5.74) is 9.32. The molecule has 3 rings (SSSR count). The van der Waals surface area contributed by atoms with E-state index in [0.29, 0.717) is 12.4 Å². The third-order valence-electron chi connectivity index (χ3n) is 3.07. The molecule has 0 saturated heterocycles. The molecule has 1 amide bonds. The number of benzene rings is 1. The molecule has 1 aliphatic rings. The van der Waals surface area contributed by atoms with Gasteiger partial charge in [-0.1, -0.05) is 12.1 Å². The highest BCUT2D eigenvalue weighted by Gasteiger charge is 2.24. The van der Waals surface area contributed by atoms with E-state index in [4.69, 9.17) is 5.73 Å². The Morgan fingerprint density at radius 3 is 2.94 bits per heavy atom. The summed E-state index contributed by atoms with van der Waals surface area (Å²) in [5, 5.41) is 6.57. The number of nitrogens with two attached hydrogens (primary N) is 1. The van der Waals surface area contributed by atoms with E-state index in [1.807, 2.05) is 18.2 Å². The van der Waals surface area contributed by atoms with Crippen molar-refractivity contribution in [2.24, 2.45) is 0 Å². The molecule has 0 fully saturated rings. The third kappa shape index (κ3) is 1.39. The van der Waals surface area contributed by atoms with Gasteiger partial charge in [0.2, 0.25) is 0 Å². The van der Waals surface area contributed by atoms with Crippen LogP contribution in [0, 0.1) is 0 Å². The molecule has 1 aromatic carbocycles. The molecule has 0 unspecified atom stereocenters. The SMILES string of the molecule is CN1Cc2ccc(-c3cn[nH]c3N)cc2C1=O. The van der Waals surface area contributed by atoms with E-state index < -0.39 is 0 Å². The predicted octanol–water partition coefficient (Wildman–Crippen LogP) is 1.24. The van der Waals surface area contributed by atoms with Crippen molar-refractivity contribution < 1.29 is 4.79 Å². The zero-order valence-electron chi connectivity index (χ0n) is 9.40. The lowest BCUT2D eigenvalue weighted by Gasteiger charge is -2.04. The molecular weight excluding hydrogens is 216 g/mol. The van der Waals surface area contributed by atoms with E-state index in [2.05, 4.69) is 10.2 Å². The van der Waals surface area contributed by atoms with E-state index in [-0.39, 0.29) is 5.91 Å². The first-order valence-electron chi connectivity index (χ1n) is 5.34. The molecule has 5 nitrogen and oxygen atoms in total. The van der Waals surface area contributed by atoms with Gasteiger partial charge in [0.05, 0.1) is 6.20 Å². The number of nitrogen functional groups attached to an aromatic ring is 1. The first-order chi connectivity index (χ1) is 8.16. The van der Waals surface area contributed by atoms with Crippen molar-refractivity contribution in [1.29, 1.82) is 0 Å². The molecule has 1 aromatic heterocycles. The zero-order chi connectivity index (χ0) is 12.0. The van der Waals surface area contributed by atoms with E-state index in [9.17, 15) is 4.79 Å². The standard InChI is InChI=1S/C12H12N4O/c1-16-6-8-3-2-7(4-9(8)12(16)17)10-5-14-15-11(10)13/h2-5H,6H2,1H3,(H3,13,14,15). The Hall–Kier alpha value is -2.30. The first-order valence-corrected chi connectivity index (χ1v) is 5.34. The smallest absolute Gasteiger partial charge is 0.254 e. The van der Waals surface area contributed by atoms with Crippen LogP contribution >= 0.6 is 0 Å². The molecule has 0 spiro atoms. The van der Waals surface area contributed by atoms with Gasteiger partial charge in [-0.25, -0.2) is 0 Å². The second kappa shape index (κ2) is 3.35. The molecule has 2 heterocycles. The van der Waals surface area contributed by atoms with Crippen molar-refractivity contribution in [2.45, 2.75) is 6.54 Å². The Labute approximate surface area is 98.2 Å². The van der Waals surface area contributed by atoms with Crippen LogP contribution in [0.5, 0.6) is 0 Å². The zero-order valence-corrected chi connectivity index (χ0v) is 9.40. The van der Waals surface area contributed by atoms with Crippen LogP contribution in [0.15, 0.2) is 24.4 Å². The van der Waals surface area contributed by atoms with Crippen molar-refractivity contribution >= 4 is 11.7 Å². The molecule has 0 aliphatic carbocycles. The number of amides is 1. The fourth-order valence-corrected chi connectivity index (χ4v) is 2.14. The van der Waals surface area contributed by atoms with Crippen LogP contribution in [0.1, 0.15) is 15.9 Å². The van der Waals surface area contributed by atoms with Gasteiger partial charge in [-0.3, -0.25) is 9.89 Å². The Morgan fingerprint density at radius 1 is 1.41 bits per heavy atom. The van der Waals surface area contributed by atoms with E-state index in [0.717, 1.165) is 22.3 Å². The van der Waals surface area contributed by atoms with Crippen molar-refractivity contribution in [2.75, 3.05) is 12.8 Å². The molecule has 3 N–H and O–H groups in total. The van der Waals surface area contributed by atoms with Crippen molar-refractivity contribution in [1.82, 2.24) is 15.1 Å². The summed E-state index contributed by atoms with van der Waals surface area (Å²) < 4.78 is 0. The lowest BCUT2D eigenvalue weighted by atomic mass is 10.0. The molecule has 0 atom stereocenters. The maximum absolute atomic E-state index is 11.9. The van der Waals surface area contributed by atoms with Crippen LogP contribution in [0.3, 0.4) is 0 Å². The van der Waals surface area contributed by atoms with Gasteiger partial charge >= 0.3 is 0 Å². The summed E-state index contributed by atoms with van der Waals surface area (Å²) in [6, 6.07) is 5.81. The minimum Gasteiger partial charge on any atom is -0.384 e. The summed E-state index contributed by atoms with van der Waals surface area (Å²) >= 11 is 0. The summed E-state index contributed by atoms with van der Waals surface area (Å²) in [5.74, 6) is 0.577. The van der Waals surface area contributed by atoms with Crippen molar-refractivity contribution in [3.63, 3.8) is 0 Å². The number of carbonyl (C=O) groups is 1. The summed E-state index contributed by atoms with van der Waals surface area (Å²) in [4.78, 5) is 13.6. The number of anilines is 1. The Bertz CT molecular complexity index is 602. The Kier molecular flexibility index (Phi) is 1.95. The lowest BCUT2D eigenvalue weighted by Crippen LogP contribution is -2.17. The summed E-state index contributed by atoms with van der Waals surface area (Å²) in [6.45, 7) is 0.676. The van der Waals surface area contributed by atoms with Gasteiger partial charge in [-0.15, -0.1) is 0 Å². The predicted molar refractivity (Wildman–Crippen MR) is 64.2 cm³/mol. The molecule has 86 valence electrons.